The molecule has 0 fully saturated rings. The fourth-order valence-electron chi connectivity index (χ4n) is 0.998. The molecule has 0 bridgehead atoms. The maximum Gasteiger partial charge on any atom is 0.247 e. The summed E-state index contributed by atoms with van der Waals surface area (Å²) in [5.74, 6) is -1.04. The molecule has 0 saturated heterocycles. The summed E-state index contributed by atoms with van der Waals surface area (Å²) in [6, 6.07) is 1.97. The first-order valence-corrected chi connectivity index (χ1v) is 3.46. The Morgan fingerprint density at radius 2 is 2.50 bits per heavy atom. The van der Waals surface area contributed by atoms with Gasteiger partial charge in [-0.15, -0.1) is 0 Å². The summed E-state index contributed by atoms with van der Waals surface area (Å²) in [5.41, 5.74) is 5.41. The summed E-state index contributed by atoms with van der Waals surface area (Å²) in [4.78, 5) is 12.5. The van der Waals surface area contributed by atoms with Gasteiger partial charge >= 0.3 is 0 Å². The number of amides is 1. The zero-order chi connectivity index (χ0) is 9.14. The molecule has 0 aromatic rings. The van der Waals surface area contributed by atoms with Gasteiger partial charge in [-0.05, 0) is 6.08 Å². The van der Waals surface area contributed by atoms with Crippen molar-refractivity contribution in [1.82, 2.24) is 4.90 Å². The summed E-state index contributed by atoms with van der Waals surface area (Å²) in [6.45, 7) is 0. The minimum absolute atomic E-state index is 0.336. The van der Waals surface area contributed by atoms with Crippen LogP contribution in [0.4, 0.5) is 0 Å². The number of primary amides is 1. The Labute approximate surface area is 70.6 Å². The molecular weight excluding hydrogens is 154 g/mol. The second kappa shape index (κ2) is 3.09. The smallest absolute Gasteiger partial charge is 0.247 e. The Morgan fingerprint density at radius 1 is 1.83 bits per heavy atom. The Hall–Kier alpha value is -1.76. The van der Waals surface area contributed by atoms with Gasteiger partial charge < -0.3 is 10.6 Å². The fraction of sp³-hybridized carbons (Fsp3) is 0.250. The largest absolute Gasteiger partial charge is 0.366 e. The van der Waals surface area contributed by atoms with Crippen molar-refractivity contribution in [3.8, 4) is 6.07 Å². The van der Waals surface area contributed by atoms with E-state index in [1.807, 2.05) is 6.07 Å². The van der Waals surface area contributed by atoms with E-state index in [-0.39, 0.29) is 0 Å². The lowest BCUT2D eigenvalue weighted by Gasteiger charge is -2.17. The number of nitrogens with zero attached hydrogens (tertiary/aromatic N) is 2. The van der Waals surface area contributed by atoms with Gasteiger partial charge in [0, 0.05) is 19.4 Å². The summed E-state index contributed by atoms with van der Waals surface area (Å²) >= 11 is 0. The molecule has 4 heteroatoms. The second-order valence-electron chi connectivity index (χ2n) is 2.56. The predicted molar refractivity (Wildman–Crippen MR) is 43.3 cm³/mol. The number of carbonyl (C=O) groups is 1. The molecule has 0 unspecified atom stereocenters. The number of allylic oxidation sites excluding steroid dienone is 1. The van der Waals surface area contributed by atoms with E-state index in [0.29, 0.717) is 5.57 Å². The molecule has 1 amide bonds. The van der Waals surface area contributed by atoms with Crippen LogP contribution in [0.2, 0.25) is 0 Å². The summed E-state index contributed by atoms with van der Waals surface area (Å²) in [6.07, 6.45) is 4.93. The van der Waals surface area contributed by atoms with Crippen molar-refractivity contribution in [1.29, 1.82) is 5.26 Å². The normalized spacial score (nSPS) is 21.5. The van der Waals surface area contributed by atoms with E-state index in [4.69, 9.17) is 11.0 Å². The molecule has 1 atom stereocenters. The van der Waals surface area contributed by atoms with Crippen LogP contribution in [-0.2, 0) is 4.79 Å². The van der Waals surface area contributed by atoms with Gasteiger partial charge in [-0.1, -0.05) is 0 Å². The van der Waals surface area contributed by atoms with E-state index in [0.717, 1.165) is 0 Å². The van der Waals surface area contributed by atoms with E-state index in [9.17, 15) is 4.79 Å². The molecule has 62 valence electrons. The van der Waals surface area contributed by atoms with Crippen molar-refractivity contribution in [2.24, 2.45) is 11.7 Å². The molecule has 1 heterocycles. The van der Waals surface area contributed by atoms with Crippen molar-refractivity contribution in [3.05, 3.63) is 24.0 Å². The van der Waals surface area contributed by atoms with Gasteiger partial charge in [0.2, 0.25) is 5.91 Å². The molecule has 4 nitrogen and oxygen atoms in total. The van der Waals surface area contributed by atoms with E-state index in [1.165, 1.54) is 0 Å². The average Bonchev–Trinajstić information content (AvgIpc) is 2.04. The summed E-state index contributed by atoms with van der Waals surface area (Å²) in [5, 5.41) is 8.63. The third-order valence-electron chi connectivity index (χ3n) is 1.62. The molecule has 0 aliphatic carbocycles. The third-order valence-corrected chi connectivity index (χ3v) is 1.62. The lowest BCUT2D eigenvalue weighted by atomic mass is 9.99. The standard InChI is InChI=1S/C8H9N3O/c1-11-3-2-6(4-9)7(5-11)8(10)12/h2-3,5-6H,1H3,(H2,10,12)/t6-/m1/s1. The Bertz CT molecular complexity index is 298. The van der Waals surface area contributed by atoms with E-state index < -0.39 is 11.8 Å². The van der Waals surface area contributed by atoms with Gasteiger partial charge in [-0.25, -0.2) is 0 Å². The number of carbonyl (C=O) groups excluding carboxylic acids is 1. The third kappa shape index (κ3) is 1.45. The second-order valence-corrected chi connectivity index (χ2v) is 2.56. The molecule has 0 radical (unpaired) electrons. The highest BCUT2D eigenvalue weighted by atomic mass is 16.1. The number of nitrogens with two attached hydrogens (primary N) is 1. The molecule has 1 aliphatic heterocycles. The number of rotatable bonds is 1. The van der Waals surface area contributed by atoms with E-state index >= 15 is 0 Å². The first kappa shape index (κ1) is 8.34. The maximum absolute atomic E-state index is 10.8. The van der Waals surface area contributed by atoms with Crippen LogP contribution in [0.1, 0.15) is 0 Å². The van der Waals surface area contributed by atoms with Crippen molar-refractivity contribution >= 4 is 5.91 Å². The minimum Gasteiger partial charge on any atom is -0.366 e. The van der Waals surface area contributed by atoms with Gasteiger partial charge in [-0.2, -0.15) is 5.26 Å². The van der Waals surface area contributed by atoms with Crippen LogP contribution in [-0.4, -0.2) is 17.9 Å². The average molecular weight is 163 g/mol. The molecule has 2 N–H and O–H groups in total. The van der Waals surface area contributed by atoms with Crippen LogP contribution < -0.4 is 5.73 Å². The van der Waals surface area contributed by atoms with Gasteiger partial charge in [-0.3, -0.25) is 4.79 Å². The molecule has 1 aliphatic rings. The zero-order valence-electron chi connectivity index (χ0n) is 6.69. The number of hydrogen-bond donors (Lipinski definition) is 1. The Balaban J connectivity index is 2.95. The van der Waals surface area contributed by atoms with Gasteiger partial charge in [0.15, 0.2) is 0 Å². The maximum atomic E-state index is 10.8. The summed E-state index contributed by atoms with van der Waals surface area (Å²) in [7, 11) is 1.77. The highest BCUT2D eigenvalue weighted by Gasteiger charge is 2.19. The minimum atomic E-state index is -0.544. The first-order chi connectivity index (χ1) is 5.65. The lowest BCUT2D eigenvalue weighted by Crippen LogP contribution is -2.24. The molecule has 12 heavy (non-hydrogen) atoms. The topological polar surface area (TPSA) is 70.1 Å². The first-order valence-electron chi connectivity index (χ1n) is 3.46. The number of hydrogen-bond acceptors (Lipinski definition) is 3. The molecule has 1 rings (SSSR count). The van der Waals surface area contributed by atoms with E-state index in [2.05, 4.69) is 0 Å². The van der Waals surface area contributed by atoms with Gasteiger partial charge in [0.25, 0.3) is 0 Å². The van der Waals surface area contributed by atoms with Gasteiger partial charge in [0.1, 0.15) is 0 Å². The zero-order valence-corrected chi connectivity index (χ0v) is 6.69. The highest BCUT2D eigenvalue weighted by molar-refractivity contribution is 5.93. The molecule has 0 aromatic heterocycles. The predicted octanol–water partition coefficient (Wildman–Crippen LogP) is -0.0455. The monoisotopic (exact) mass is 163 g/mol. The van der Waals surface area contributed by atoms with Crippen LogP contribution in [0.25, 0.3) is 0 Å². The quantitative estimate of drug-likeness (QED) is 0.589. The van der Waals surface area contributed by atoms with Crippen molar-refractivity contribution in [2.75, 3.05) is 7.05 Å². The van der Waals surface area contributed by atoms with Crippen LogP contribution >= 0.6 is 0 Å². The molecule has 0 spiro atoms. The van der Waals surface area contributed by atoms with Crippen LogP contribution in [0, 0.1) is 17.2 Å². The Kier molecular flexibility index (Phi) is 2.15. The lowest BCUT2D eigenvalue weighted by molar-refractivity contribution is -0.114. The van der Waals surface area contributed by atoms with Crippen molar-refractivity contribution in [2.45, 2.75) is 0 Å². The molecule has 0 saturated carbocycles. The SMILES string of the molecule is CN1C=C[C@H](C#N)C(C(N)=O)=C1. The van der Waals surface area contributed by atoms with Gasteiger partial charge in [0.05, 0.1) is 17.6 Å². The molecule has 0 aromatic carbocycles. The molecular formula is C8H9N3O. The Morgan fingerprint density at radius 3 is 3.00 bits per heavy atom. The van der Waals surface area contributed by atoms with Crippen molar-refractivity contribution in [3.63, 3.8) is 0 Å². The van der Waals surface area contributed by atoms with E-state index in [1.54, 1.807) is 30.4 Å². The van der Waals surface area contributed by atoms with Crippen LogP contribution in [0.3, 0.4) is 0 Å². The van der Waals surface area contributed by atoms with Crippen LogP contribution in [0.5, 0.6) is 0 Å². The number of nitriles is 1. The summed E-state index contributed by atoms with van der Waals surface area (Å²) < 4.78 is 0. The fourth-order valence-corrected chi connectivity index (χ4v) is 0.998. The van der Waals surface area contributed by atoms with Crippen LogP contribution in [0.15, 0.2) is 24.0 Å². The highest BCUT2D eigenvalue weighted by Crippen LogP contribution is 2.16. The van der Waals surface area contributed by atoms with Crippen molar-refractivity contribution < 1.29 is 4.79 Å².